The Hall–Kier alpha value is -1.96. The number of hydrogen-bond donors (Lipinski definition) is 1. The van der Waals surface area contributed by atoms with Crippen molar-refractivity contribution in [2.24, 2.45) is 0 Å². The summed E-state index contributed by atoms with van der Waals surface area (Å²) in [6, 6.07) is 17.5. The first-order chi connectivity index (χ1) is 7.77. The van der Waals surface area contributed by atoms with E-state index in [-0.39, 0.29) is 6.10 Å². The van der Waals surface area contributed by atoms with Crippen molar-refractivity contribution in [3.05, 3.63) is 60.2 Å². The van der Waals surface area contributed by atoms with Crippen LogP contribution in [0, 0.1) is 0 Å². The summed E-state index contributed by atoms with van der Waals surface area (Å²) in [6.45, 7) is 2.00. The SMILES string of the molecule is CC(Oc1ccccc1)c1ccccc1N. The summed E-state index contributed by atoms with van der Waals surface area (Å²) in [7, 11) is 0. The Morgan fingerprint density at radius 1 is 0.938 bits per heavy atom. The summed E-state index contributed by atoms with van der Waals surface area (Å²) in [5, 5.41) is 0. The van der Waals surface area contributed by atoms with Crippen LogP contribution in [-0.2, 0) is 0 Å². The molecule has 0 saturated carbocycles. The Morgan fingerprint density at radius 3 is 2.25 bits per heavy atom. The molecule has 82 valence electrons. The van der Waals surface area contributed by atoms with Crippen LogP contribution in [0.15, 0.2) is 54.6 Å². The zero-order valence-corrected chi connectivity index (χ0v) is 9.26. The lowest BCUT2D eigenvalue weighted by Gasteiger charge is -2.16. The molecule has 0 saturated heterocycles. The van der Waals surface area contributed by atoms with Gasteiger partial charge in [0.2, 0.25) is 0 Å². The number of anilines is 1. The van der Waals surface area contributed by atoms with Crippen LogP contribution in [-0.4, -0.2) is 0 Å². The number of ether oxygens (including phenoxy) is 1. The van der Waals surface area contributed by atoms with E-state index in [1.54, 1.807) is 0 Å². The Balaban J connectivity index is 2.15. The molecule has 0 fully saturated rings. The summed E-state index contributed by atoms with van der Waals surface area (Å²) in [5.41, 5.74) is 7.68. The lowest BCUT2D eigenvalue weighted by Crippen LogP contribution is -2.05. The lowest BCUT2D eigenvalue weighted by atomic mass is 10.1. The highest BCUT2D eigenvalue weighted by molar-refractivity contribution is 5.47. The molecule has 2 nitrogen and oxygen atoms in total. The molecule has 2 N–H and O–H groups in total. The first-order valence-electron chi connectivity index (χ1n) is 5.33. The summed E-state index contributed by atoms with van der Waals surface area (Å²) in [5.74, 6) is 0.859. The van der Waals surface area contributed by atoms with E-state index >= 15 is 0 Å². The maximum atomic E-state index is 5.90. The standard InChI is InChI=1S/C14H15NO/c1-11(13-9-5-6-10-14(13)15)16-12-7-3-2-4-8-12/h2-11H,15H2,1H3. The largest absolute Gasteiger partial charge is 0.486 e. The van der Waals surface area contributed by atoms with Gasteiger partial charge in [-0.1, -0.05) is 36.4 Å². The van der Waals surface area contributed by atoms with Gasteiger partial charge in [-0.05, 0) is 25.1 Å². The van der Waals surface area contributed by atoms with Crippen molar-refractivity contribution < 1.29 is 4.74 Å². The van der Waals surface area contributed by atoms with Crippen LogP contribution in [0.1, 0.15) is 18.6 Å². The van der Waals surface area contributed by atoms with Crippen LogP contribution in [0.5, 0.6) is 5.75 Å². The Morgan fingerprint density at radius 2 is 1.56 bits per heavy atom. The molecule has 1 atom stereocenters. The van der Waals surface area contributed by atoms with Crippen LogP contribution in [0.4, 0.5) is 5.69 Å². The lowest BCUT2D eigenvalue weighted by molar-refractivity contribution is 0.227. The predicted octanol–water partition coefficient (Wildman–Crippen LogP) is 3.41. The summed E-state index contributed by atoms with van der Waals surface area (Å²) in [6.07, 6.45) is -0.0383. The van der Waals surface area contributed by atoms with Gasteiger partial charge < -0.3 is 10.5 Å². The minimum Gasteiger partial charge on any atom is -0.486 e. The Kier molecular flexibility index (Phi) is 3.10. The second kappa shape index (κ2) is 4.71. The van der Waals surface area contributed by atoms with Crippen LogP contribution < -0.4 is 10.5 Å². The number of para-hydroxylation sites is 2. The number of nitrogens with two attached hydrogens (primary N) is 1. The minimum atomic E-state index is -0.0383. The predicted molar refractivity (Wildman–Crippen MR) is 66.3 cm³/mol. The van der Waals surface area contributed by atoms with Crippen molar-refractivity contribution in [1.82, 2.24) is 0 Å². The van der Waals surface area contributed by atoms with Crippen LogP contribution in [0.3, 0.4) is 0 Å². The maximum Gasteiger partial charge on any atom is 0.123 e. The fourth-order valence-corrected chi connectivity index (χ4v) is 1.65. The van der Waals surface area contributed by atoms with Crippen molar-refractivity contribution >= 4 is 5.69 Å². The molecule has 0 aromatic heterocycles. The van der Waals surface area contributed by atoms with E-state index in [1.807, 2.05) is 61.5 Å². The van der Waals surface area contributed by atoms with E-state index in [0.717, 1.165) is 17.0 Å². The third kappa shape index (κ3) is 2.34. The molecular formula is C14H15NO. The van der Waals surface area contributed by atoms with Gasteiger partial charge in [-0.25, -0.2) is 0 Å². The second-order valence-electron chi connectivity index (χ2n) is 3.70. The van der Waals surface area contributed by atoms with Gasteiger partial charge in [0.05, 0.1) is 0 Å². The first-order valence-corrected chi connectivity index (χ1v) is 5.33. The van der Waals surface area contributed by atoms with Crippen molar-refractivity contribution in [3.8, 4) is 5.75 Å². The average molecular weight is 213 g/mol. The van der Waals surface area contributed by atoms with Gasteiger partial charge in [-0.2, -0.15) is 0 Å². The topological polar surface area (TPSA) is 35.2 Å². The highest BCUT2D eigenvalue weighted by Crippen LogP contribution is 2.25. The molecule has 0 aliphatic rings. The molecule has 0 aliphatic heterocycles. The Labute approximate surface area is 95.7 Å². The minimum absolute atomic E-state index is 0.0383. The number of hydrogen-bond acceptors (Lipinski definition) is 2. The zero-order chi connectivity index (χ0) is 11.4. The second-order valence-corrected chi connectivity index (χ2v) is 3.70. The molecule has 2 rings (SSSR count). The first kappa shape index (κ1) is 10.6. The highest BCUT2D eigenvalue weighted by Gasteiger charge is 2.09. The van der Waals surface area contributed by atoms with Crippen molar-refractivity contribution in [1.29, 1.82) is 0 Å². The molecule has 0 heterocycles. The molecule has 0 amide bonds. The van der Waals surface area contributed by atoms with Crippen molar-refractivity contribution in [3.63, 3.8) is 0 Å². The monoisotopic (exact) mass is 213 g/mol. The quantitative estimate of drug-likeness (QED) is 0.793. The summed E-state index contributed by atoms with van der Waals surface area (Å²) >= 11 is 0. The van der Waals surface area contributed by atoms with Gasteiger partial charge in [-0.3, -0.25) is 0 Å². The maximum absolute atomic E-state index is 5.90. The number of rotatable bonds is 3. The van der Waals surface area contributed by atoms with Crippen molar-refractivity contribution in [2.45, 2.75) is 13.0 Å². The van der Waals surface area contributed by atoms with E-state index in [4.69, 9.17) is 10.5 Å². The molecule has 0 aliphatic carbocycles. The van der Waals surface area contributed by atoms with E-state index in [2.05, 4.69) is 0 Å². The van der Waals surface area contributed by atoms with E-state index < -0.39 is 0 Å². The van der Waals surface area contributed by atoms with E-state index in [9.17, 15) is 0 Å². The molecule has 0 spiro atoms. The Bertz CT molecular complexity index is 453. The van der Waals surface area contributed by atoms with Gasteiger partial charge in [0.25, 0.3) is 0 Å². The zero-order valence-electron chi connectivity index (χ0n) is 9.26. The normalized spacial score (nSPS) is 12.1. The molecule has 0 radical (unpaired) electrons. The molecule has 16 heavy (non-hydrogen) atoms. The molecule has 2 aromatic carbocycles. The number of benzene rings is 2. The van der Waals surface area contributed by atoms with E-state index in [0.29, 0.717) is 0 Å². The van der Waals surface area contributed by atoms with Gasteiger partial charge in [-0.15, -0.1) is 0 Å². The molecule has 2 aromatic rings. The third-order valence-electron chi connectivity index (χ3n) is 2.49. The van der Waals surface area contributed by atoms with Crippen LogP contribution in [0.2, 0.25) is 0 Å². The summed E-state index contributed by atoms with van der Waals surface area (Å²) < 4.78 is 5.80. The molecular weight excluding hydrogens is 198 g/mol. The highest BCUT2D eigenvalue weighted by atomic mass is 16.5. The van der Waals surface area contributed by atoms with Crippen molar-refractivity contribution in [2.75, 3.05) is 5.73 Å². The average Bonchev–Trinajstić information content (AvgIpc) is 2.31. The summed E-state index contributed by atoms with van der Waals surface area (Å²) in [4.78, 5) is 0. The fourth-order valence-electron chi connectivity index (χ4n) is 1.65. The van der Waals surface area contributed by atoms with E-state index in [1.165, 1.54) is 0 Å². The van der Waals surface area contributed by atoms with Crippen LogP contribution >= 0.6 is 0 Å². The van der Waals surface area contributed by atoms with Gasteiger partial charge >= 0.3 is 0 Å². The molecule has 0 bridgehead atoms. The smallest absolute Gasteiger partial charge is 0.123 e. The molecule has 1 unspecified atom stereocenters. The van der Waals surface area contributed by atoms with Crippen LogP contribution in [0.25, 0.3) is 0 Å². The van der Waals surface area contributed by atoms with Gasteiger partial charge in [0, 0.05) is 11.3 Å². The van der Waals surface area contributed by atoms with Gasteiger partial charge in [0.1, 0.15) is 11.9 Å². The molecule has 2 heteroatoms. The third-order valence-corrected chi connectivity index (χ3v) is 2.49. The van der Waals surface area contributed by atoms with Gasteiger partial charge in [0.15, 0.2) is 0 Å². The number of nitrogen functional groups attached to an aromatic ring is 1. The fraction of sp³-hybridized carbons (Fsp3) is 0.143.